The van der Waals surface area contributed by atoms with Crippen molar-refractivity contribution in [3.63, 3.8) is 0 Å². The average molecular weight is 323 g/mol. The molecular weight excluding hydrogens is 294 g/mol. The van der Waals surface area contributed by atoms with Crippen molar-refractivity contribution in [3.05, 3.63) is 30.3 Å². The molecule has 0 aromatic heterocycles. The predicted molar refractivity (Wildman–Crippen MR) is 90.6 cm³/mol. The van der Waals surface area contributed by atoms with Gasteiger partial charge in [-0.3, -0.25) is 0 Å². The number of hydrogen-bond acceptors (Lipinski definition) is 4. The molecule has 0 aliphatic rings. The zero-order valence-corrected chi connectivity index (χ0v) is 14.6. The van der Waals surface area contributed by atoms with Gasteiger partial charge in [0.05, 0.1) is 13.2 Å². The monoisotopic (exact) mass is 323 g/mol. The number of benzene rings is 1. The summed E-state index contributed by atoms with van der Waals surface area (Å²) in [7, 11) is 0. The number of carbonyl (C=O) groups is 1. The lowest BCUT2D eigenvalue weighted by Gasteiger charge is -2.28. The number of amides is 1. The number of hydrogen-bond donors (Lipinski definition) is 2. The Kier molecular flexibility index (Phi) is 7.36. The van der Waals surface area contributed by atoms with Crippen LogP contribution in [0.1, 0.15) is 40.5 Å². The molecule has 1 atom stereocenters. The Morgan fingerprint density at radius 1 is 1.17 bits per heavy atom. The number of aliphatic hydroxyl groups excluding tert-OH is 1. The van der Waals surface area contributed by atoms with E-state index in [4.69, 9.17) is 9.47 Å². The van der Waals surface area contributed by atoms with Gasteiger partial charge in [0.2, 0.25) is 0 Å². The largest absolute Gasteiger partial charge is 0.494 e. The molecule has 130 valence electrons. The van der Waals surface area contributed by atoms with Crippen molar-refractivity contribution in [1.29, 1.82) is 0 Å². The van der Waals surface area contributed by atoms with Crippen molar-refractivity contribution in [2.75, 3.05) is 19.8 Å². The Balaban J connectivity index is 2.31. The molecule has 1 aromatic carbocycles. The third-order valence-electron chi connectivity index (χ3n) is 3.38. The third kappa shape index (κ3) is 8.45. The molecule has 1 rings (SSSR count). The van der Waals surface area contributed by atoms with E-state index >= 15 is 0 Å². The Bertz CT molecular complexity index is 470. The van der Waals surface area contributed by atoms with Crippen LogP contribution in [-0.2, 0) is 4.74 Å². The van der Waals surface area contributed by atoms with Crippen molar-refractivity contribution in [3.8, 4) is 5.75 Å². The van der Waals surface area contributed by atoms with Gasteiger partial charge in [-0.05, 0) is 45.7 Å². The van der Waals surface area contributed by atoms with Gasteiger partial charge in [0.15, 0.2) is 0 Å². The summed E-state index contributed by atoms with van der Waals surface area (Å²) < 4.78 is 10.8. The lowest BCUT2D eigenvalue weighted by atomic mass is 9.86. The Hall–Kier alpha value is -1.75. The van der Waals surface area contributed by atoms with Gasteiger partial charge in [-0.25, -0.2) is 4.79 Å². The van der Waals surface area contributed by atoms with E-state index in [-0.39, 0.29) is 6.61 Å². The fraction of sp³-hybridized carbons (Fsp3) is 0.611. The standard InChI is InChI=1S/C18H29NO4/c1-17(2,3)23-16(21)19-13-18(4,14-20)11-8-12-22-15-9-6-5-7-10-15/h5-7,9-10,20H,8,11-14H2,1-4H3,(H,19,21). The molecule has 2 N–H and O–H groups in total. The number of aliphatic hydroxyl groups is 1. The van der Waals surface area contributed by atoms with Crippen LogP contribution in [-0.4, -0.2) is 36.6 Å². The van der Waals surface area contributed by atoms with E-state index in [1.165, 1.54) is 0 Å². The zero-order valence-electron chi connectivity index (χ0n) is 14.6. The molecule has 0 saturated carbocycles. The average Bonchev–Trinajstić information content (AvgIpc) is 2.49. The number of rotatable bonds is 8. The highest BCUT2D eigenvalue weighted by Crippen LogP contribution is 2.22. The molecule has 23 heavy (non-hydrogen) atoms. The lowest BCUT2D eigenvalue weighted by Crippen LogP contribution is -2.40. The number of alkyl carbamates (subject to hydrolysis) is 1. The quantitative estimate of drug-likeness (QED) is 0.720. The van der Waals surface area contributed by atoms with Crippen molar-refractivity contribution >= 4 is 6.09 Å². The lowest BCUT2D eigenvalue weighted by molar-refractivity contribution is 0.0468. The first kappa shape index (κ1) is 19.3. The van der Waals surface area contributed by atoms with Crippen LogP contribution in [0, 0.1) is 5.41 Å². The summed E-state index contributed by atoms with van der Waals surface area (Å²) in [6, 6.07) is 9.62. The summed E-state index contributed by atoms with van der Waals surface area (Å²) in [4.78, 5) is 11.7. The van der Waals surface area contributed by atoms with Crippen LogP contribution in [0.5, 0.6) is 5.75 Å². The van der Waals surface area contributed by atoms with Crippen LogP contribution in [0.25, 0.3) is 0 Å². The molecule has 0 bridgehead atoms. The number of ether oxygens (including phenoxy) is 2. The maximum atomic E-state index is 11.7. The van der Waals surface area contributed by atoms with E-state index in [9.17, 15) is 9.90 Å². The highest BCUT2D eigenvalue weighted by molar-refractivity contribution is 5.67. The van der Waals surface area contributed by atoms with Gasteiger partial charge in [0, 0.05) is 12.0 Å². The van der Waals surface area contributed by atoms with Crippen LogP contribution in [0.4, 0.5) is 4.79 Å². The smallest absolute Gasteiger partial charge is 0.407 e. The van der Waals surface area contributed by atoms with Crippen molar-refractivity contribution in [2.24, 2.45) is 5.41 Å². The van der Waals surface area contributed by atoms with Gasteiger partial charge >= 0.3 is 6.09 Å². The van der Waals surface area contributed by atoms with Gasteiger partial charge in [0.1, 0.15) is 11.4 Å². The Morgan fingerprint density at radius 2 is 1.83 bits per heavy atom. The molecule has 0 radical (unpaired) electrons. The van der Waals surface area contributed by atoms with Gasteiger partial charge in [-0.15, -0.1) is 0 Å². The molecule has 0 fully saturated rings. The minimum atomic E-state index is -0.525. The minimum absolute atomic E-state index is 0.00582. The second-order valence-electron chi connectivity index (χ2n) is 7.09. The maximum Gasteiger partial charge on any atom is 0.407 e. The topological polar surface area (TPSA) is 67.8 Å². The van der Waals surface area contributed by atoms with Crippen LogP contribution in [0.15, 0.2) is 30.3 Å². The van der Waals surface area contributed by atoms with Crippen molar-refractivity contribution < 1.29 is 19.4 Å². The van der Waals surface area contributed by atoms with Gasteiger partial charge in [-0.1, -0.05) is 25.1 Å². The molecule has 0 spiro atoms. The van der Waals surface area contributed by atoms with Crippen LogP contribution in [0.2, 0.25) is 0 Å². The van der Waals surface area contributed by atoms with Gasteiger partial charge in [0.25, 0.3) is 0 Å². The van der Waals surface area contributed by atoms with E-state index in [1.54, 1.807) is 0 Å². The summed E-state index contributed by atoms with van der Waals surface area (Å²) >= 11 is 0. The number of nitrogens with one attached hydrogen (secondary N) is 1. The van der Waals surface area contributed by atoms with Crippen LogP contribution < -0.4 is 10.1 Å². The number of carbonyl (C=O) groups excluding carboxylic acids is 1. The molecule has 5 heteroatoms. The molecule has 0 saturated heterocycles. The fourth-order valence-electron chi connectivity index (χ4n) is 2.03. The first-order valence-electron chi connectivity index (χ1n) is 8.00. The molecule has 0 aliphatic heterocycles. The summed E-state index contributed by atoms with van der Waals surface area (Å²) in [6.45, 7) is 8.33. The van der Waals surface area contributed by atoms with Gasteiger partial charge in [-0.2, -0.15) is 0 Å². The van der Waals surface area contributed by atoms with Crippen LogP contribution in [0.3, 0.4) is 0 Å². The predicted octanol–water partition coefficient (Wildman–Crippen LogP) is 3.37. The molecule has 1 amide bonds. The SMILES string of the molecule is CC(CO)(CCCOc1ccccc1)CNC(=O)OC(C)(C)C. The van der Waals surface area contributed by atoms with E-state index in [0.717, 1.165) is 18.6 Å². The molecule has 1 unspecified atom stereocenters. The highest BCUT2D eigenvalue weighted by Gasteiger charge is 2.25. The summed E-state index contributed by atoms with van der Waals surface area (Å²) in [5, 5.41) is 12.3. The summed E-state index contributed by atoms with van der Waals surface area (Å²) in [5.41, 5.74) is -0.916. The first-order valence-corrected chi connectivity index (χ1v) is 8.00. The summed E-state index contributed by atoms with van der Waals surface area (Å²) in [6.07, 6.45) is 1.08. The molecule has 0 heterocycles. The Labute approximate surface area is 139 Å². The van der Waals surface area contributed by atoms with E-state index < -0.39 is 17.1 Å². The van der Waals surface area contributed by atoms with Crippen LogP contribution >= 0.6 is 0 Å². The molecule has 1 aromatic rings. The fourth-order valence-corrected chi connectivity index (χ4v) is 2.03. The Morgan fingerprint density at radius 3 is 2.39 bits per heavy atom. The van der Waals surface area contributed by atoms with E-state index in [1.807, 2.05) is 58.0 Å². The minimum Gasteiger partial charge on any atom is -0.494 e. The van der Waals surface area contributed by atoms with E-state index in [2.05, 4.69) is 5.32 Å². The number of para-hydroxylation sites is 1. The van der Waals surface area contributed by atoms with Crippen molar-refractivity contribution in [1.82, 2.24) is 5.32 Å². The molecule has 0 aliphatic carbocycles. The van der Waals surface area contributed by atoms with E-state index in [0.29, 0.717) is 13.2 Å². The normalized spacial score (nSPS) is 14.0. The second kappa shape index (κ2) is 8.77. The maximum absolute atomic E-state index is 11.7. The molecular formula is C18H29NO4. The first-order chi connectivity index (χ1) is 10.7. The zero-order chi connectivity index (χ0) is 17.3. The highest BCUT2D eigenvalue weighted by atomic mass is 16.6. The third-order valence-corrected chi connectivity index (χ3v) is 3.38. The van der Waals surface area contributed by atoms with Gasteiger partial charge < -0.3 is 19.9 Å². The molecule has 5 nitrogen and oxygen atoms in total. The van der Waals surface area contributed by atoms with Crippen molar-refractivity contribution in [2.45, 2.75) is 46.1 Å². The summed E-state index contributed by atoms with van der Waals surface area (Å²) in [5.74, 6) is 0.838. The second-order valence-corrected chi connectivity index (χ2v) is 7.09.